The lowest BCUT2D eigenvalue weighted by Crippen LogP contribution is -2.49. The third kappa shape index (κ3) is 2.38. The van der Waals surface area contributed by atoms with Crippen LogP contribution in [0.5, 0.6) is 0 Å². The average Bonchev–Trinajstić information content (AvgIpc) is 2.38. The number of carbonyl (C=O) groups excluding carboxylic acids is 1. The number of likely N-dealkylation sites (N-methyl/N-ethyl adjacent to an activating group) is 1. The van der Waals surface area contributed by atoms with Gasteiger partial charge >= 0.3 is 0 Å². The summed E-state index contributed by atoms with van der Waals surface area (Å²) in [4.78, 5) is 14.0. The van der Waals surface area contributed by atoms with Gasteiger partial charge < -0.3 is 10.1 Å². The van der Waals surface area contributed by atoms with E-state index in [-0.39, 0.29) is 5.91 Å². The number of hydroxylamine groups is 2. The van der Waals surface area contributed by atoms with Crippen molar-refractivity contribution in [2.75, 3.05) is 13.6 Å². The van der Waals surface area contributed by atoms with Gasteiger partial charge in [-0.1, -0.05) is 13.0 Å². The van der Waals surface area contributed by atoms with E-state index >= 15 is 0 Å². The van der Waals surface area contributed by atoms with E-state index in [2.05, 4.69) is 0 Å². The quantitative estimate of drug-likeness (QED) is 0.821. The minimum Gasteiger partial charge on any atom is -0.342 e. The Morgan fingerprint density at radius 1 is 1.41 bits per heavy atom. The Morgan fingerprint density at radius 2 is 1.94 bits per heavy atom. The second kappa shape index (κ2) is 4.42. The fraction of sp³-hybridized carbons (Fsp3) is 0.769. The summed E-state index contributed by atoms with van der Waals surface area (Å²) in [5.74, 6) is 0.00137. The van der Waals surface area contributed by atoms with Crippen LogP contribution in [-0.2, 0) is 4.79 Å². The Kier molecular flexibility index (Phi) is 3.69. The van der Waals surface area contributed by atoms with E-state index in [1.165, 1.54) is 5.06 Å². The van der Waals surface area contributed by atoms with Crippen molar-refractivity contribution in [2.24, 2.45) is 0 Å². The molecule has 0 aromatic carbocycles. The molecule has 0 aliphatic carbocycles. The molecule has 98 valence electrons. The topological polar surface area (TPSA) is 43.8 Å². The number of rotatable bonds is 3. The van der Waals surface area contributed by atoms with Crippen LogP contribution in [0.4, 0.5) is 0 Å². The maximum absolute atomic E-state index is 12.3. The summed E-state index contributed by atoms with van der Waals surface area (Å²) in [6.07, 6.45) is 2.80. The third-order valence-corrected chi connectivity index (χ3v) is 3.37. The number of nitrogens with zero attached hydrogens (tertiary/aromatic N) is 2. The number of hydrogen-bond donors (Lipinski definition) is 1. The fourth-order valence-electron chi connectivity index (χ4n) is 2.39. The average molecular weight is 240 g/mol. The molecule has 0 bridgehead atoms. The van der Waals surface area contributed by atoms with Crippen LogP contribution < -0.4 is 0 Å². The van der Waals surface area contributed by atoms with Crippen LogP contribution in [0.25, 0.3) is 0 Å². The minimum atomic E-state index is -0.636. The monoisotopic (exact) mass is 240 g/mol. The van der Waals surface area contributed by atoms with Crippen LogP contribution in [-0.4, -0.2) is 45.7 Å². The molecule has 4 heteroatoms. The summed E-state index contributed by atoms with van der Waals surface area (Å²) < 4.78 is 0. The second-order valence-electron chi connectivity index (χ2n) is 5.81. The van der Waals surface area contributed by atoms with Crippen molar-refractivity contribution in [3.8, 4) is 0 Å². The number of amides is 1. The Bertz CT molecular complexity index is 345. The van der Waals surface area contributed by atoms with Gasteiger partial charge in [-0.15, -0.1) is 0 Å². The van der Waals surface area contributed by atoms with Crippen molar-refractivity contribution in [3.05, 3.63) is 11.6 Å². The molecule has 0 unspecified atom stereocenters. The van der Waals surface area contributed by atoms with Gasteiger partial charge in [0.1, 0.15) is 0 Å². The van der Waals surface area contributed by atoms with Gasteiger partial charge in [0.05, 0.1) is 11.1 Å². The van der Waals surface area contributed by atoms with Gasteiger partial charge in [0.25, 0.3) is 5.91 Å². The molecular weight excluding hydrogens is 216 g/mol. The van der Waals surface area contributed by atoms with Crippen LogP contribution in [0.15, 0.2) is 11.6 Å². The predicted octanol–water partition coefficient (Wildman–Crippen LogP) is 2.04. The molecular formula is C13H24N2O2. The van der Waals surface area contributed by atoms with E-state index in [1.54, 1.807) is 11.9 Å². The highest BCUT2D eigenvalue weighted by atomic mass is 16.5. The highest BCUT2D eigenvalue weighted by molar-refractivity contribution is 5.96. The molecule has 0 aromatic heterocycles. The van der Waals surface area contributed by atoms with Crippen molar-refractivity contribution in [3.63, 3.8) is 0 Å². The molecule has 0 radical (unpaired) electrons. The first-order chi connectivity index (χ1) is 7.64. The molecule has 0 fully saturated rings. The van der Waals surface area contributed by atoms with Gasteiger partial charge in [0.15, 0.2) is 0 Å². The molecule has 0 saturated heterocycles. The van der Waals surface area contributed by atoms with Gasteiger partial charge in [-0.25, -0.2) is 0 Å². The van der Waals surface area contributed by atoms with E-state index < -0.39 is 11.1 Å². The third-order valence-electron chi connectivity index (χ3n) is 3.37. The van der Waals surface area contributed by atoms with Crippen LogP contribution in [0.2, 0.25) is 0 Å². The Morgan fingerprint density at radius 3 is 2.29 bits per heavy atom. The van der Waals surface area contributed by atoms with E-state index in [0.717, 1.165) is 13.0 Å². The highest BCUT2D eigenvalue weighted by Gasteiger charge is 2.48. The van der Waals surface area contributed by atoms with Crippen LogP contribution in [0.3, 0.4) is 0 Å². The zero-order valence-electron chi connectivity index (χ0n) is 11.7. The zero-order valence-corrected chi connectivity index (χ0v) is 11.7. The summed E-state index contributed by atoms with van der Waals surface area (Å²) in [7, 11) is 1.80. The molecule has 1 heterocycles. The van der Waals surface area contributed by atoms with Crippen LogP contribution >= 0.6 is 0 Å². The summed E-state index contributed by atoms with van der Waals surface area (Å²) >= 11 is 0. The largest absolute Gasteiger partial charge is 0.342 e. The lowest BCUT2D eigenvalue weighted by molar-refractivity contribution is -0.186. The fourth-order valence-corrected chi connectivity index (χ4v) is 2.39. The number of hydrogen-bond acceptors (Lipinski definition) is 3. The lowest BCUT2D eigenvalue weighted by Gasteiger charge is -2.36. The summed E-state index contributed by atoms with van der Waals surface area (Å²) in [6.45, 7) is 10.3. The van der Waals surface area contributed by atoms with Gasteiger partial charge in [-0.3, -0.25) is 4.79 Å². The molecule has 0 saturated carbocycles. The van der Waals surface area contributed by atoms with Crippen molar-refractivity contribution < 1.29 is 10.0 Å². The summed E-state index contributed by atoms with van der Waals surface area (Å²) in [5.41, 5.74) is -0.467. The van der Waals surface area contributed by atoms with Crippen molar-refractivity contribution in [2.45, 2.75) is 52.1 Å². The number of carbonyl (C=O) groups is 1. The van der Waals surface area contributed by atoms with Gasteiger partial charge in [0.2, 0.25) is 0 Å². The first kappa shape index (κ1) is 14.2. The zero-order chi connectivity index (χ0) is 13.4. The molecule has 1 N–H and O–H groups in total. The van der Waals surface area contributed by atoms with Gasteiger partial charge in [0, 0.05) is 19.2 Å². The molecule has 0 atom stereocenters. The molecule has 0 spiro atoms. The van der Waals surface area contributed by atoms with Crippen LogP contribution in [0, 0.1) is 0 Å². The smallest absolute Gasteiger partial charge is 0.251 e. The Balaban J connectivity index is 3.02. The standard InChI is InChI=1S/C13H24N2O2/c1-7-8-14(6)11(16)10-9-12(2,3)15(17)13(10,4)5/h9,17H,7-8H2,1-6H3. The molecule has 4 nitrogen and oxygen atoms in total. The SMILES string of the molecule is CCCN(C)C(=O)C1=CC(C)(C)N(O)C1(C)C. The Hall–Kier alpha value is -0.870. The first-order valence-corrected chi connectivity index (χ1v) is 6.12. The van der Waals surface area contributed by atoms with E-state index in [1.807, 2.05) is 40.7 Å². The van der Waals surface area contributed by atoms with Crippen molar-refractivity contribution in [1.82, 2.24) is 9.96 Å². The highest BCUT2D eigenvalue weighted by Crippen LogP contribution is 2.38. The molecule has 1 amide bonds. The van der Waals surface area contributed by atoms with Gasteiger partial charge in [-0.2, -0.15) is 5.06 Å². The predicted molar refractivity (Wildman–Crippen MR) is 67.8 cm³/mol. The van der Waals surface area contributed by atoms with Crippen molar-refractivity contribution >= 4 is 5.91 Å². The van der Waals surface area contributed by atoms with Crippen molar-refractivity contribution in [1.29, 1.82) is 0 Å². The normalized spacial score (nSPS) is 22.4. The Labute approximate surface area is 104 Å². The maximum atomic E-state index is 12.3. The van der Waals surface area contributed by atoms with E-state index in [4.69, 9.17) is 0 Å². The minimum absolute atomic E-state index is 0.00137. The summed E-state index contributed by atoms with van der Waals surface area (Å²) in [5, 5.41) is 11.4. The molecule has 0 aromatic rings. The maximum Gasteiger partial charge on any atom is 0.251 e. The summed E-state index contributed by atoms with van der Waals surface area (Å²) in [6, 6.07) is 0. The van der Waals surface area contributed by atoms with Gasteiger partial charge in [-0.05, 0) is 34.1 Å². The molecule has 1 rings (SSSR count). The molecule has 17 heavy (non-hydrogen) atoms. The second-order valence-corrected chi connectivity index (χ2v) is 5.81. The van der Waals surface area contributed by atoms with Crippen LogP contribution in [0.1, 0.15) is 41.0 Å². The molecule has 1 aliphatic rings. The lowest BCUT2D eigenvalue weighted by atomic mass is 9.95. The molecule has 1 aliphatic heterocycles. The van der Waals surface area contributed by atoms with E-state index in [0.29, 0.717) is 5.57 Å². The van der Waals surface area contributed by atoms with E-state index in [9.17, 15) is 10.0 Å². The first-order valence-electron chi connectivity index (χ1n) is 6.12.